The van der Waals surface area contributed by atoms with Gasteiger partial charge in [-0.15, -0.1) is 0 Å². The van der Waals surface area contributed by atoms with Gasteiger partial charge in [0.1, 0.15) is 6.04 Å². The third-order valence-electron chi connectivity index (χ3n) is 4.43. The number of fused-ring (bicyclic) bond motifs is 1. The Morgan fingerprint density at radius 1 is 1.38 bits per heavy atom. The van der Waals surface area contributed by atoms with Crippen molar-refractivity contribution in [1.29, 1.82) is 0 Å². The summed E-state index contributed by atoms with van der Waals surface area (Å²) in [6, 6.07) is 5.37. The van der Waals surface area contributed by atoms with E-state index in [2.05, 4.69) is 4.90 Å². The Kier molecular flexibility index (Phi) is 3.53. The summed E-state index contributed by atoms with van der Waals surface area (Å²) >= 11 is 0. The van der Waals surface area contributed by atoms with Crippen molar-refractivity contribution in [3.8, 4) is 11.5 Å². The van der Waals surface area contributed by atoms with Crippen LogP contribution >= 0.6 is 0 Å². The molecule has 0 saturated carbocycles. The highest BCUT2D eigenvalue weighted by molar-refractivity contribution is 5.74. The number of nitrogens with zero attached hydrogens (tertiary/aromatic N) is 1. The number of rotatable bonds is 3. The first-order valence-electron chi connectivity index (χ1n) is 7.33. The molecular formula is C16H21NO4. The standard InChI is InChI=1S/C16H21NO4/c1-16(2)6-3-7-17(14(16)15(18)19)9-11-4-5-12-13(8-11)21-10-20-12/h4-5,8,14H,3,6-7,9-10H2,1-2H3,(H,18,19). The maximum atomic E-state index is 11.7. The Morgan fingerprint density at radius 3 is 2.90 bits per heavy atom. The highest BCUT2D eigenvalue weighted by Crippen LogP contribution is 2.37. The molecule has 2 aliphatic rings. The van der Waals surface area contributed by atoms with Crippen LogP contribution in [0.4, 0.5) is 0 Å². The first-order chi connectivity index (χ1) is 9.97. The maximum absolute atomic E-state index is 11.7. The number of carbonyl (C=O) groups is 1. The number of benzene rings is 1. The molecule has 1 saturated heterocycles. The second-order valence-electron chi connectivity index (χ2n) is 6.49. The summed E-state index contributed by atoms with van der Waals surface area (Å²) in [5.74, 6) is 0.767. The van der Waals surface area contributed by atoms with Crippen molar-refractivity contribution in [2.24, 2.45) is 5.41 Å². The highest BCUT2D eigenvalue weighted by Gasteiger charge is 2.42. The van der Waals surface area contributed by atoms with Crippen molar-refractivity contribution in [3.63, 3.8) is 0 Å². The molecular weight excluding hydrogens is 270 g/mol. The van der Waals surface area contributed by atoms with Gasteiger partial charge in [-0.3, -0.25) is 9.69 Å². The van der Waals surface area contributed by atoms with Crippen LogP contribution in [0.25, 0.3) is 0 Å². The van der Waals surface area contributed by atoms with Gasteiger partial charge < -0.3 is 14.6 Å². The van der Waals surface area contributed by atoms with Gasteiger partial charge in [0.2, 0.25) is 6.79 Å². The van der Waals surface area contributed by atoms with Gasteiger partial charge in [0.05, 0.1) is 0 Å². The largest absolute Gasteiger partial charge is 0.480 e. The SMILES string of the molecule is CC1(C)CCCN(Cc2ccc3c(c2)OCO3)C1C(=O)O. The summed E-state index contributed by atoms with van der Waals surface area (Å²) in [6.07, 6.45) is 1.98. The molecule has 0 aromatic heterocycles. The Morgan fingerprint density at radius 2 is 2.14 bits per heavy atom. The lowest BCUT2D eigenvalue weighted by Gasteiger charge is -2.44. The van der Waals surface area contributed by atoms with E-state index in [0.717, 1.165) is 36.4 Å². The van der Waals surface area contributed by atoms with E-state index >= 15 is 0 Å². The van der Waals surface area contributed by atoms with Crippen molar-refractivity contribution in [1.82, 2.24) is 4.90 Å². The molecule has 0 radical (unpaired) electrons. The van der Waals surface area contributed by atoms with Crippen LogP contribution in [-0.4, -0.2) is 35.4 Å². The number of hydrogen-bond acceptors (Lipinski definition) is 4. The Labute approximate surface area is 124 Å². The summed E-state index contributed by atoms with van der Waals surface area (Å²) in [5, 5.41) is 9.59. The van der Waals surface area contributed by atoms with Gasteiger partial charge in [-0.05, 0) is 42.5 Å². The molecule has 0 aliphatic carbocycles. The molecule has 1 aromatic carbocycles. The molecule has 0 spiro atoms. The quantitative estimate of drug-likeness (QED) is 0.927. The number of likely N-dealkylation sites (tertiary alicyclic amines) is 1. The molecule has 1 aromatic rings. The number of hydrogen-bond donors (Lipinski definition) is 1. The van der Waals surface area contributed by atoms with E-state index in [1.807, 2.05) is 32.0 Å². The van der Waals surface area contributed by atoms with E-state index in [9.17, 15) is 9.90 Å². The summed E-state index contributed by atoms with van der Waals surface area (Å²) in [6.45, 7) is 5.77. The normalized spacial score (nSPS) is 24.0. The molecule has 21 heavy (non-hydrogen) atoms. The first-order valence-corrected chi connectivity index (χ1v) is 7.33. The third kappa shape index (κ3) is 2.70. The molecule has 1 N–H and O–H groups in total. The second-order valence-corrected chi connectivity index (χ2v) is 6.49. The van der Waals surface area contributed by atoms with Gasteiger partial charge in [-0.1, -0.05) is 19.9 Å². The number of aliphatic carboxylic acids is 1. The van der Waals surface area contributed by atoms with Crippen LogP contribution in [0.1, 0.15) is 32.3 Å². The first kappa shape index (κ1) is 14.2. The fourth-order valence-corrected chi connectivity index (χ4v) is 3.43. The van der Waals surface area contributed by atoms with E-state index in [1.165, 1.54) is 0 Å². The fraction of sp³-hybridized carbons (Fsp3) is 0.562. The van der Waals surface area contributed by atoms with Gasteiger partial charge in [0, 0.05) is 6.54 Å². The summed E-state index contributed by atoms with van der Waals surface area (Å²) in [7, 11) is 0. The van der Waals surface area contributed by atoms with Crippen molar-refractivity contribution in [3.05, 3.63) is 23.8 Å². The lowest BCUT2D eigenvalue weighted by atomic mass is 9.76. The molecule has 0 amide bonds. The molecule has 5 nitrogen and oxygen atoms in total. The van der Waals surface area contributed by atoms with E-state index in [1.54, 1.807) is 0 Å². The van der Waals surface area contributed by atoms with E-state index in [0.29, 0.717) is 6.54 Å². The molecule has 1 atom stereocenters. The number of carboxylic acid groups (broad SMARTS) is 1. The van der Waals surface area contributed by atoms with Crippen molar-refractivity contribution in [2.75, 3.05) is 13.3 Å². The van der Waals surface area contributed by atoms with Gasteiger partial charge in [0.15, 0.2) is 11.5 Å². The van der Waals surface area contributed by atoms with Crippen LogP contribution in [0.3, 0.4) is 0 Å². The predicted molar refractivity (Wildman–Crippen MR) is 77.4 cm³/mol. The van der Waals surface area contributed by atoms with Crippen LogP contribution in [-0.2, 0) is 11.3 Å². The van der Waals surface area contributed by atoms with Crippen LogP contribution in [0.15, 0.2) is 18.2 Å². The van der Waals surface area contributed by atoms with Crippen molar-refractivity contribution < 1.29 is 19.4 Å². The topological polar surface area (TPSA) is 59.0 Å². The smallest absolute Gasteiger partial charge is 0.321 e. The lowest BCUT2D eigenvalue weighted by molar-refractivity contribution is -0.151. The molecule has 114 valence electrons. The molecule has 2 aliphatic heterocycles. The zero-order valence-electron chi connectivity index (χ0n) is 12.5. The van der Waals surface area contributed by atoms with Crippen LogP contribution in [0.2, 0.25) is 0 Å². The average Bonchev–Trinajstić information content (AvgIpc) is 2.84. The molecule has 1 fully saturated rings. The zero-order chi connectivity index (χ0) is 15.0. The zero-order valence-corrected chi connectivity index (χ0v) is 12.5. The Bertz CT molecular complexity index is 555. The lowest BCUT2D eigenvalue weighted by Crippen LogP contribution is -2.53. The molecule has 2 heterocycles. The minimum absolute atomic E-state index is 0.208. The van der Waals surface area contributed by atoms with E-state index in [-0.39, 0.29) is 12.2 Å². The minimum Gasteiger partial charge on any atom is -0.480 e. The summed E-state index contributed by atoms with van der Waals surface area (Å²) in [5.41, 5.74) is 0.851. The summed E-state index contributed by atoms with van der Waals surface area (Å²) < 4.78 is 10.7. The highest BCUT2D eigenvalue weighted by atomic mass is 16.7. The van der Waals surface area contributed by atoms with Gasteiger partial charge in [-0.2, -0.15) is 0 Å². The molecule has 0 bridgehead atoms. The molecule has 1 unspecified atom stereocenters. The number of ether oxygens (including phenoxy) is 2. The number of piperidine rings is 1. The maximum Gasteiger partial charge on any atom is 0.321 e. The molecule has 3 rings (SSSR count). The van der Waals surface area contributed by atoms with Gasteiger partial charge in [0.25, 0.3) is 0 Å². The minimum atomic E-state index is -0.736. The van der Waals surface area contributed by atoms with Crippen LogP contribution in [0, 0.1) is 5.41 Å². The van der Waals surface area contributed by atoms with E-state index < -0.39 is 12.0 Å². The summed E-state index contributed by atoms with van der Waals surface area (Å²) in [4.78, 5) is 13.7. The monoisotopic (exact) mass is 291 g/mol. The fourth-order valence-electron chi connectivity index (χ4n) is 3.43. The molecule has 5 heteroatoms. The Balaban J connectivity index is 1.81. The van der Waals surface area contributed by atoms with E-state index in [4.69, 9.17) is 9.47 Å². The van der Waals surface area contributed by atoms with Crippen molar-refractivity contribution in [2.45, 2.75) is 39.3 Å². The van der Waals surface area contributed by atoms with Crippen LogP contribution < -0.4 is 9.47 Å². The second kappa shape index (κ2) is 5.22. The third-order valence-corrected chi connectivity index (χ3v) is 4.43. The Hall–Kier alpha value is -1.75. The van der Waals surface area contributed by atoms with Crippen LogP contribution in [0.5, 0.6) is 11.5 Å². The van der Waals surface area contributed by atoms with Gasteiger partial charge >= 0.3 is 5.97 Å². The number of carboxylic acids is 1. The van der Waals surface area contributed by atoms with Gasteiger partial charge in [-0.25, -0.2) is 0 Å². The predicted octanol–water partition coefficient (Wildman–Crippen LogP) is 2.49. The average molecular weight is 291 g/mol. The van der Waals surface area contributed by atoms with Crippen molar-refractivity contribution >= 4 is 5.97 Å².